The first-order chi connectivity index (χ1) is 9.13. The smallest absolute Gasteiger partial charge is 0.215 e. The van der Waals surface area contributed by atoms with Gasteiger partial charge in [-0.1, -0.05) is 32.3 Å². The summed E-state index contributed by atoms with van der Waals surface area (Å²) in [4.78, 5) is 17.4. The molecular formula is C16H24N2O. The van der Waals surface area contributed by atoms with Crippen LogP contribution in [0, 0.1) is 12.3 Å². The van der Waals surface area contributed by atoms with Crippen molar-refractivity contribution in [2.75, 3.05) is 11.4 Å². The van der Waals surface area contributed by atoms with Crippen LogP contribution < -0.4 is 4.90 Å². The van der Waals surface area contributed by atoms with Crippen molar-refractivity contribution < 1.29 is 4.79 Å². The first-order valence-electron chi connectivity index (χ1n) is 7.29. The monoisotopic (exact) mass is 260 g/mol. The number of anilines is 1. The summed E-state index contributed by atoms with van der Waals surface area (Å²) in [5.41, 5.74) is 1.36. The van der Waals surface area contributed by atoms with Gasteiger partial charge in [-0.05, 0) is 43.7 Å². The molecule has 0 atom stereocenters. The zero-order chi connectivity index (χ0) is 13.7. The Morgan fingerprint density at radius 3 is 2.68 bits per heavy atom. The number of aromatic nitrogens is 1. The summed E-state index contributed by atoms with van der Waals surface area (Å²) in [6, 6.07) is 5.82. The molecule has 1 fully saturated rings. The van der Waals surface area contributed by atoms with Gasteiger partial charge < -0.3 is 0 Å². The van der Waals surface area contributed by atoms with Crippen molar-refractivity contribution in [2.24, 2.45) is 5.41 Å². The molecule has 0 saturated heterocycles. The standard InChI is InChI=1S/C16H24N2O/c1-14-7-6-8-15(17-14)18(13-19)12-11-16(2)9-4-3-5-10-16/h6-8,13H,3-5,9-12H2,1-2H3. The Bertz CT molecular complexity index is 425. The van der Waals surface area contributed by atoms with E-state index >= 15 is 0 Å². The van der Waals surface area contributed by atoms with E-state index in [-0.39, 0.29) is 0 Å². The highest BCUT2D eigenvalue weighted by atomic mass is 16.1. The fourth-order valence-corrected chi connectivity index (χ4v) is 2.96. The van der Waals surface area contributed by atoms with Crippen LogP contribution in [0.25, 0.3) is 0 Å². The van der Waals surface area contributed by atoms with Crippen LogP contribution in [0.5, 0.6) is 0 Å². The van der Waals surface area contributed by atoms with Crippen molar-refractivity contribution in [1.29, 1.82) is 0 Å². The second kappa shape index (κ2) is 6.18. The molecule has 1 aromatic rings. The minimum absolute atomic E-state index is 0.406. The lowest BCUT2D eigenvalue weighted by Crippen LogP contribution is -2.30. The number of amides is 1. The Labute approximate surface area is 116 Å². The zero-order valence-electron chi connectivity index (χ0n) is 12.1. The van der Waals surface area contributed by atoms with Gasteiger partial charge in [0.2, 0.25) is 6.41 Å². The summed E-state index contributed by atoms with van der Waals surface area (Å²) in [5, 5.41) is 0. The number of pyridine rings is 1. The molecule has 0 unspecified atom stereocenters. The van der Waals surface area contributed by atoms with Crippen LogP contribution in [-0.4, -0.2) is 17.9 Å². The quantitative estimate of drug-likeness (QED) is 0.756. The molecule has 0 bridgehead atoms. The van der Waals surface area contributed by atoms with Crippen LogP contribution in [0.15, 0.2) is 18.2 Å². The fourth-order valence-electron chi connectivity index (χ4n) is 2.96. The predicted molar refractivity (Wildman–Crippen MR) is 78.2 cm³/mol. The van der Waals surface area contributed by atoms with Crippen LogP contribution in [0.3, 0.4) is 0 Å². The van der Waals surface area contributed by atoms with Gasteiger partial charge in [0, 0.05) is 12.2 Å². The third-order valence-electron chi connectivity index (χ3n) is 4.31. The Kier molecular flexibility index (Phi) is 4.56. The highest BCUT2D eigenvalue weighted by Gasteiger charge is 2.27. The summed E-state index contributed by atoms with van der Waals surface area (Å²) >= 11 is 0. The Morgan fingerprint density at radius 1 is 1.32 bits per heavy atom. The number of carbonyl (C=O) groups excluding carboxylic acids is 1. The molecule has 104 valence electrons. The molecular weight excluding hydrogens is 236 g/mol. The number of carbonyl (C=O) groups is 1. The molecule has 0 radical (unpaired) electrons. The summed E-state index contributed by atoms with van der Waals surface area (Å²) in [5.74, 6) is 0.773. The van der Waals surface area contributed by atoms with Crippen LogP contribution in [0.1, 0.15) is 51.1 Å². The molecule has 1 aliphatic rings. The van der Waals surface area contributed by atoms with E-state index < -0.39 is 0 Å². The molecule has 1 aliphatic carbocycles. The van der Waals surface area contributed by atoms with Gasteiger partial charge in [0.05, 0.1) is 0 Å². The molecule has 3 heteroatoms. The van der Waals surface area contributed by atoms with E-state index in [1.807, 2.05) is 25.1 Å². The van der Waals surface area contributed by atoms with E-state index in [1.54, 1.807) is 4.90 Å². The van der Waals surface area contributed by atoms with Crippen molar-refractivity contribution in [3.05, 3.63) is 23.9 Å². The second-order valence-corrected chi connectivity index (χ2v) is 6.06. The molecule has 0 aliphatic heterocycles. The van der Waals surface area contributed by atoms with Gasteiger partial charge in [-0.2, -0.15) is 0 Å². The predicted octanol–water partition coefficient (Wildman–Crippen LogP) is 3.71. The van der Waals surface area contributed by atoms with E-state index in [0.29, 0.717) is 5.41 Å². The summed E-state index contributed by atoms with van der Waals surface area (Å²) in [6.45, 7) is 5.09. The van der Waals surface area contributed by atoms with E-state index in [9.17, 15) is 4.79 Å². The molecule has 3 nitrogen and oxygen atoms in total. The lowest BCUT2D eigenvalue weighted by molar-refractivity contribution is -0.107. The number of hydrogen-bond acceptors (Lipinski definition) is 2. The average Bonchev–Trinajstić information content (AvgIpc) is 2.40. The average molecular weight is 260 g/mol. The number of aryl methyl sites for hydroxylation is 1. The maximum Gasteiger partial charge on any atom is 0.215 e. The Morgan fingerprint density at radius 2 is 2.05 bits per heavy atom. The molecule has 0 aromatic carbocycles. The van der Waals surface area contributed by atoms with Crippen LogP contribution >= 0.6 is 0 Å². The molecule has 1 amide bonds. The lowest BCUT2D eigenvalue weighted by atomic mass is 9.73. The van der Waals surface area contributed by atoms with Gasteiger partial charge in [0.1, 0.15) is 5.82 Å². The zero-order valence-corrected chi connectivity index (χ0v) is 12.1. The topological polar surface area (TPSA) is 33.2 Å². The lowest BCUT2D eigenvalue weighted by Gasteiger charge is -2.34. The number of hydrogen-bond donors (Lipinski definition) is 0. The highest BCUT2D eigenvalue weighted by molar-refractivity contribution is 5.72. The minimum atomic E-state index is 0.406. The van der Waals surface area contributed by atoms with Gasteiger partial charge >= 0.3 is 0 Å². The van der Waals surface area contributed by atoms with Gasteiger partial charge in [0.15, 0.2) is 0 Å². The maximum atomic E-state index is 11.3. The van der Waals surface area contributed by atoms with Gasteiger partial charge in [-0.15, -0.1) is 0 Å². The third kappa shape index (κ3) is 3.79. The Hall–Kier alpha value is -1.38. The van der Waals surface area contributed by atoms with E-state index in [2.05, 4.69) is 11.9 Å². The number of nitrogens with zero attached hydrogens (tertiary/aromatic N) is 2. The minimum Gasteiger partial charge on any atom is -0.299 e. The molecule has 1 heterocycles. The first kappa shape index (κ1) is 14.0. The largest absolute Gasteiger partial charge is 0.299 e. The van der Waals surface area contributed by atoms with Gasteiger partial charge in [-0.25, -0.2) is 4.98 Å². The highest BCUT2D eigenvalue weighted by Crippen LogP contribution is 2.38. The van der Waals surface area contributed by atoms with Crippen molar-refractivity contribution in [2.45, 2.75) is 52.4 Å². The van der Waals surface area contributed by atoms with Crippen molar-refractivity contribution in [3.8, 4) is 0 Å². The Balaban J connectivity index is 1.97. The third-order valence-corrected chi connectivity index (χ3v) is 4.31. The summed E-state index contributed by atoms with van der Waals surface area (Å²) in [6.07, 6.45) is 8.60. The first-order valence-corrected chi connectivity index (χ1v) is 7.29. The van der Waals surface area contributed by atoms with Crippen LogP contribution in [0.2, 0.25) is 0 Å². The van der Waals surface area contributed by atoms with Crippen LogP contribution in [-0.2, 0) is 4.79 Å². The van der Waals surface area contributed by atoms with Crippen molar-refractivity contribution in [3.63, 3.8) is 0 Å². The maximum absolute atomic E-state index is 11.3. The SMILES string of the molecule is Cc1cccc(N(C=O)CCC2(C)CCCCC2)n1. The molecule has 1 saturated carbocycles. The normalized spacial score (nSPS) is 18.0. The summed E-state index contributed by atoms with van der Waals surface area (Å²) in [7, 11) is 0. The molecule has 0 N–H and O–H groups in total. The molecule has 19 heavy (non-hydrogen) atoms. The van der Waals surface area contributed by atoms with E-state index in [4.69, 9.17) is 0 Å². The van der Waals surface area contributed by atoms with Crippen molar-refractivity contribution >= 4 is 12.2 Å². The summed E-state index contributed by atoms with van der Waals surface area (Å²) < 4.78 is 0. The fraction of sp³-hybridized carbons (Fsp3) is 0.625. The van der Waals surface area contributed by atoms with Gasteiger partial charge in [0.25, 0.3) is 0 Å². The van der Waals surface area contributed by atoms with Crippen LogP contribution in [0.4, 0.5) is 5.82 Å². The van der Waals surface area contributed by atoms with E-state index in [0.717, 1.165) is 30.9 Å². The molecule has 0 spiro atoms. The molecule has 2 rings (SSSR count). The van der Waals surface area contributed by atoms with Crippen molar-refractivity contribution in [1.82, 2.24) is 4.98 Å². The number of rotatable bonds is 5. The van der Waals surface area contributed by atoms with E-state index in [1.165, 1.54) is 32.1 Å². The van der Waals surface area contributed by atoms with Gasteiger partial charge in [-0.3, -0.25) is 9.69 Å². The molecule has 1 aromatic heterocycles. The second-order valence-electron chi connectivity index (χ2n) is 6.06.